The molecule has 0 N–H and O–H groups in total. The molecule has 0 unspecified atom stereocenters. The average molecular weight is 364 g/mol. The van der Waals surface area contributed by atoms with E-state index >= 15 is 0 Å². The van der Waals surface area contributed by atoms with Gasteiger partial charge in [0.05, 0.1) is 9.45 Å². The molecule has 2 rings (SSSR count). The summed E-state index contributed by atoms with van der Waals surface area (Å²) in [5.74, 6) is 0.108. The van der Waals surface area contributed by atoms with E-state index < -0.39 is 5.82 Å². The van der Waals surface area contributed by atoms with Gasteiger partial charge in [0.15, 0.2) is 5.82 Å². The summed E-state index contributed by atoms with van der Waals surface area (Å²) in [6, 6.07) is 8.87. The molecular weight excluding hydrogens is 355 g/mol. The van der Waals surface area contributed by atoms with E-state index in [4.69, 9.17) is 16.3 Å². The molecule has 0 amide bonds. The van der Waals surface area contributed by atoms with E-state index in [-0.39, 0.29) is 11.8 Å². The molecule has 0 saturated heterocycles. The molecule has 0 spiro atoms. The zero-order valence-corrected chi connectivity index (χ0v) is 11.6. The van der Waals surface area contributed by atoms with Crippen LogP contribution in [0.15, 0.2) is 36.5 Å². The van der Waals surface area contributed by atoms with Crippen LogP contribution in [0, 0.1) is 9.39 Å². The van der Waals surface area contributed by atoms with Crippen molar-refractivity contribution in [3.63, 3.8) is 0 Å². The first kappa shape index (κ1) is 12.6. The van der Waals surface area contributed by atoms with Gasteiger partial charge in [0.1, 0.15) is 5.75 Å². The molecule has 1 aromatic heterocycles. The van der Waals surface area contributed by atoms with Crippen LogP contribution in [-0.4, -0.2) is 4.98 Å². The van der Waals surface area contributed by atoms with Crippen LogP contribution in [0.2, 0.25) is 0 Å². The van der Waals surface area contributed by atoms with Crippen LogP contribution in [0.5, 0.6) is 11.6 Å². The largest absolute Gasteiger partial charge is 0.435 e. The summed E-state index contributed by atoms with van der Waals surface area (Å²) in [5.41, 5.74) is 0.377. The maximum atomic E-state index is 13.8. The second kappa shape index (κ2) is 5.64. The first-order valence-electron chi connectivity index (χ1n) is 4.84. The molecule has 0 bridgehead atoms. The fourth-order valence-corrected chi connectivity index (χ4v) is 1.97. The van der Waals surface area contributed by atoms with Crippen LogP contribution in [0.4, 0.5) is 4.39 Å². The molecule has 2 nitrogen and oxygen atoms in total. The Labute approximate surface area is 117 Å². The highest BCUT2D eigenvalue weighted by atomic mass is 127. The number of halogens is 3. The fraction of sp³-hybridized carbons (Fsp3) is 0.0833. The number of hydrogen-bond acceptors (Lipinski definition) is 2. The molecule has 2 aromatic rings. The molecule has 0 atom stereocenters. The van der Waals surface area contributed by atoms with E-state index in [1.165, 1.54) is 12.3 Å². The number of aromatic nitrogens is 1. The molecule has 0 aliphatic carbocycles. The standard InChI is InChI=1S/C12H8ClFINO/c13-7-8-5-6-16-12(11(8)14)17-10-4-2-1-3-9(10)15/h1-6H,7H2. The van der Waals surface area contributed by atoms with Gasteiger partial charge in [-0.25, -0.2) is 9.37 Å². The van der Waals surface area contributed by atoms with Crippen molar-refractivity contribution < 1.29 is 9.13 Å². The molecule has 0 aliphatic heterocycles. The molecule has 0 fully saturated rings. The van der Waals surface area contributed by atoms with Crippen LogP contribution in [-0.2, 0) is 5.88 Å². The minimum atomic E-state index is -0.512. The predicted molar refractivity (Wildman–Crippen MR) is 73.0 cm³/mol. The van der Waals surface area contributed by atoms with Gasteiger partial charge in [0, 0.05) is 11.8 Å². The summed E-state index contributed by atoms with van der Waals surface area (Å²) in [6.07, 6.45) is 1.48. The normalized spacial score (nSPS) is 10.3. The summed E-state index contributed by atoms with van der Waals surface area (Å²) >= 11 is 7.73. The second-order valence-electron chi connectivity index (χ2n) is 3.26. The van der Waals surface area contributed by atoms with Crippen LogP contribution in [0.25, 0.3) is 0 Å². The summed E-state index contributed by atoms with van der Waals surface area (Å²) in [4.78, 5) is 3.86. The van der Waals surface area contributed by atoms with Crippen molar-refractivity contribution in [3.05, 3.63) is 51.5 Å². The van der Waals surface area contributed by atoms with E-state index in [1.807, 2.05) is 18.2 Å². The summed E-state index contributed by atoms with van der Waals surface area (Å²) in [6.45, 7) is 0. The third-order valence-corrected chi connectivity index (χ3v) is 3.30. The van der Waals surface area contributed by atoms with Crippen molar-refractivity contribution in [1.82, 2.24) is 4.98 Å². The van der Waals surface area contributed by atoms with E-state index in [1.54, 1.807) is 6.07 Å². The topological polar surface area (TPSA) is 22.1 Å². The van der Waals surface area contributed by atoms with Crippen molar-refractivity contribution in [3.8, 4) is 11.6 Å². The molecule has 5 heteroatoms. The zero-order valence-electron chi connectivity index (χ0n) is 8.66. The van der Waals surface area contributed by atoms with Gasteiger partial charge >= 0.3 is 0 Å². The van der Waals surface area contributed by atoms with Gasteiger partial charge in [0.2, 0.25) is 0 Å². The molecule has 0 radical (unpaired) electrons. The lowest BCUT2D eigenvalue weighted by molar-refractivity contribution is 0.418. The third-order valence-electron chi connectivity index (χ3n) is 2.12. The number of pyridine rings is 1. The van der Waals surface area contributed by atoms with Gasteiger partial charge in [0.25, 0.3) is 5.88 Å². The van der Waals surface area contributed by atoms with Crippen LogP contribution < -0.4 is 4.74 Å². The van der Waals surface area contributed by atoms with Gasteiger partial charge in [-0.05, 0) is 40.8 Å². The second-order valence-corrected chi connectivity index (χ2v) is 4.68. The predicted octanol–water partition coefficient (Wildman–Crippen LogP) is 4.36. The van der Waals surface area contributed by atoms with E-state index in [9.17, 15) is 4.39 Å². The van der Waals surface area contributed by atoms with Crippen molar-refractivity contribution in [2.75, 3.05) is 0 Å². The van der Waals surface area contributed by atoms with Crippen LogP contribution in [0.3, 0.4) is 0 Å². The van der Waals surface area contributed by atoms with E-state index in [0.717, 1.165) is 3.57 Å². The lowest BCUT2D eigenvalue weighted by atomic mass is 10.3. The number of ether oxygens (including phenoxy) is 1. The van der Waals surface area contributed by atoms with Crippen molar-refractivity contribution in [2.45, 2.75) is 5.88 Å². The Balaban J connectivity index is 2.34. The molecule has 1 heterocycles. The Morgan fingerprint density at radius 1 is 1.29 bits per heavy atom. The average Bonchev–Trinajstić information content (AvgIpc) is 2.34. The highest BCUT2D eigenvalue weighted by Gasteiger charge is 2.11. The Hall–Kier alpha value is -0.880. The van der Waals surface area contributed by atoms with Gasteiger partial charge in [-0.3, -0.25) is 0 Å². The lowest BCUT2D eigenvalue weighted by Crippen LogP contribution is -1.96. The molecular formula is C12H8ClFINO. The van der Waals surface area contributed by atoms with Gasteiger partial charge in [-0.2, -0.15) is 0 Å². The Morgan fingerprint density at radius 3 is 2.76 bits per heavy atom. The molecule has 0 saturated carbocycles. The van der Waals surface area contributed by atoms with Gasteiger partial charge in [-0.15, -0.1) is 11.6 Å². The monoisotopic (exact) mass is 363 g/mol. The number of para-hydroxylation sites is 1. The lowest BCUT2D eigenvalue weighted by Gasteiger charge is -2.08. The number of nitrogens with zero attached hydrogens (tertiary/aromatic N) is 1. The number of rotatable bonds is 3. The SMILES string of the molecule is Fc1c(CCl)ccnc1Oc1ccccc1I. The Morgan fingerprint density at radius 2 is 2.06 bits per heavy atom. The van der Waals surface area contributed by atoms with Crippen molar-refractivity contribution in [2.24, 2.45) is 0 Å². The highest BCUT2D eigenvalue weighted by molar-refractivity contribution is 14.1. The maximum Gasteiger partial charge on any atom is 0.256 e. The third kappa shape index (κ3) is 2.87. The van der Waals surface area contributed by atoms with E-state index in [2.05, 4.69) is 27.6 Å². The number of hydrogen-bond donors (Lipinski definition) is 0. The maximum absolute atomic E-state index is 13.8. The Kier molecular flexibility index (Phi) is 4.17. The minimum absolute atomic E-state index is 0.0488. The fourth-order valence-electron chi connectivity index (χ4n) is 1.27. The quantitative estimate of drug-likeness (QED) is 0.597. The van der Waals surface area contributed by atoms with Crippen molar-refractivity contribution >= 4 is 34.2 Å². The zero-order chi connectivity index (χ0) is 12.3. The smallest absolute Gasteiger partial charge is 0.256 e. The summed E-state index contributed by atoms with van der Waals surface area (Å²) in [7, 11) is 0. The number of benzene rings is 1. The summed E-state index contributed by atoms with van der Waals surface area (Å²) in [5, 5.41) is 0. The minimum Gasteiger partial charge on any atom is -0.435 e. The first-order valence-corrected chi connectivity index (χ1v) is 6.45. The first-order chi connectivity index (χ1) is 8.22. The van der Waals surface area contributed by atoms with Crippen LogP contribution in [0.1, 0.15) is 5.56 Å². The molecule has 1 aromatic carbocycles. The number of alkyl halides is 1. The van der Waals surface area contributed by atoms with Gasteiger partial charge in [-0.1, -0.05) is 12.1 Å². The van der Waals surface area contributed by atoms with E-state index in [0.29, 0.717) is 11.3 Å². The highest BCUT2D eigenvalue weighted by Crippen LogP contribution is 2.28. The van der Waals surface area contributed by atoms with Crippen molar-refractivity contribution in [1.29, 1.82) is 0 Å². The van der Waals surface area contributed by atoms with Crippen LogP contribution >= 0.6 is 34.2 Å². The van der Waals surface area contributed by atoms with Gasteiger partial charge < -0.3 is 4.74 Å². The Bertz CT molecular complexity index is 536. The summed E-state index contributed by atoms with van der Waals surface area (Å²) < 4.78 is 20.1. The molecule has 88 valence electrons. The molecule has 0 aliphatic rings. The molecule has 17 heavy (non-hydrogen) atoms.